The highest BCUT2D eigenvalue weighted by atomic mass is 16.6. The van der Waals surface area contributed by atoms with Gasteiger partial charge in [0.05, 0.1) is 1.37 Å². The maximum atomic E-state index is 12.4. The van der Waals surface area contributed by atoms with Crippen LogP contribution in [-0.4, -0.2) is 22.5 Å². The van der Waals surface area contributed by atoms with Crippen molar-refractivity contribution in [3.05, 3.63) is 28.2 Å². The van der Waals surface area contributed by atoms with Gasteiger partial charge in [0.2, 0.25) is 5.91 Å². The van der Waals surface area contributed by atoms with E-state index in [1.165, 1.54) is 0 Å². The highest BCUT2D eigenvalue weighted by Gasteiger charge is 2.34. The summed E-state index contributed by atoms with van der Waals surface area (Å²) in [5.74, 6) is -2.58. The smallest absolute Gasteiger partial charge is 0.355 e. The largest absolute Gasteiger partial charge is 0.455 e. The molecule has 1 aromatic rings. The monoisotopic (exact) mass is 334 g/mol. The Morgan fingerprint density at radius 1 is 1.38 bits per heavy atom. The van der Waals surface area contributed by atoms with Crippen LogP contribution in [0.4, 0.5) is 0 Å². The predicted molar refractivity (Wildman–Crippen MR) is 94.5 cm³/mol. The van der Waals surface area contributed by atoms with E-state index in [0.29, 0.717) is 29.1 Å². The summed E-state index contributed by atoms with van der Waals surface area (Å²) in [6, 6.07) is 0.108. The van der Waals surface area contributed by atoms with Crippen LogP contribution in [0.2, 0.25) is 0 Å². The van der Waals surface area contributed by atoms with E-state index in [9.17, 15) is 9.59 Å². The zero-order valence-electron chi connectivity index (χ0n) is 17.5. The number of aromatic nitrogens is 1. The number of allylic oxidation sites excluding steroid dienone is 1. The maximum absolute atomic E-state index is 12.4. The molecule has 132 valence electrons. The third-order valence-corrected chi connectivity index (χ3v) is 4.31. The molecule has 2 N–H and O–H groups in total. The molecule has 0 unspecified atom stereocenters. The Kier molecular flexibility index (Phi) is 4.17. The van der Waals surface area contributed by atoms with E-state index in [-0.39, 0.29) is 6.05 Å². The molecule has 1 fully saturated rings. The average molecular weight is 334 g/mol. The van der Waals surface area contributed by atoms with Crippen LogP contribution in [-0.2, 0) is 9.53 Å². The molecule has 1 aliphatic heterocycles. The zero-order valence-corrected chi connectivity index (χ0v) is 15.5. The fourth-order valence-electron chi connectivity index (χ4n) is 2.79. The topological polar surface area (TPSA) is 71.2 Å². The number of hydrogen-bond acceptors (Lipinski definition) is 3. The third-order valence-electron chi connectivity index (χ3n) is 4.31. The molecule has 2 heterocycles. The Hall–Kier alpha value is -2.04. The molecule has 1 saturated heterocycles. The Bertz CT molecular complexity index is 785. The number of hydrogen-bond donors (Lipinski definition) is 2. The molecular formula is C19H28N2O3. The van der Waals surface area contributed by atoms with E-state index < -0.39 is 29.3 Å². The van der Waals surface area contributed by atoms with E-state index in [1.807, 2.05) is 13.8 Å². The standard InChI is InChI=1S/C19H28N2O3/c1-8-13-12(4)17(22)21-15(13)9-14-10(2)11(3)16(20-14)18(23)24-19(5,6)7/h9,12-13,20H,8H2,1-7H3,(H,21,22)/b15-9-/t12-,13+/m0/s1/i9D,12D. The molecule has 1 amide bonds. The number of carbonyl (C=O) groups excluding carboxylic acids is 2. The lowest BCUT2D eigenvalue weighted by Crippen LogP contribution is -2.24. The number of rotatable bonds is 3. The molecule has 1 aliphatic rings. The first-order valence-electron chi connectivity index (χ1n) is 9.26. The van der Waals surface area contributed by atoms with E-state index in [1.54, 1.807) is 34.6 Å². The van der Waals surface area contributed by atoms with Gasteiger partial charge in [-0.3, -0.25) is 4.79 Å². The number of H-pyrrole nitrogens is 1. The lowest BCUT2D eigenvalue weighted by Gasteiger charge is -2.19. The number of nitrogens with one attached hydrogen (secondary N) is 2. The zero-order chi connectivity index (χ0) is 20.0. The van der Waals surface area contributed by atoms with Gasteiger partial charge in [-0.25, -0.2) is 4.79 Å². The van der Waals surface area contributed by atoms with Gasteiger partial charge in [-0.05, 0) is 58.2 Å². The first kappa shape index (κ1) is 15.5. The fourth-order valence-corrected chi connectivity index (χ4v) is 2.79. The van der Waals surface area contributed by atoms with Gasteiger partial charge in [0, 0.05) is 24.6 Å². The van der Waals surface area contributed by atoms with Crippen LogP contribution < -0.4 is 5.32 Å². The molecule has 24 heavy (non-hydrogen) atoms. The Labute approximate surface area is 146 Å². The van der Waals surface area contributed by atoms with Gasteiger partial charge in [-0.2, -0.15) is 0 Å². The first-order valence-corrected chi connectivity index (χ1v) is 8.26. The molecule has 0 bridgehead atoms. The summed E-state index contributed by atoms with van der Waals surface area (Å²) in [6.07, 6.45) is 0.564. The van der Waals surface area contributed by atoms with E-state index >= 15 is 0 Å². The molecule has 2 rings (SSSR count). The lowest BCUT2D eigenvalue weighted by molar-refractivity contribution is -0.122. The van der Waals surface area contributed by atoms with Gasteiger partial charge in [-0.1, -0.05) is 13.8 Å². The van der Waals surface area contributed by atoms with E-state index in [2.05, 4.69) is 10.3 Å². The molecule has 5 nitrogen and oxygen atoms in total. The van der Waals surface area contributed by atoms with Crippen molar-refractivity contribution in [1.82, 2.24) is 10.3 Å². The number of aromatic amines is 1. The minimum atomic E-state index is -1.31. The van der Waals surface area contributed by atoms with Crippen LogP contribution >= 0.6 is 0 Å². The van der Waals surface area contributed by atoms with Crippen molar-refractivity contribution in [2.75, 3.05) is 0 Å². The van der Waals surface area contributed by atoms with Crippen molar-refractivity contribution in [1.29, 1.82) is 0 Å². The summed E-state index contributed by atoms with van der Waals surface area (Å²) in [7, 11) is 0. The number of carbonyl (C=O) groups is 2. The van der Waals surface area contributed by atoms with Crippen molar-refractivity contribution < 1.29 is 17.1 Å². The molecule has 1 aromatic heterocycles. The highest BCUT2D eigenvalue weighted by Crippen LogP contribution is 2.31. The molecule has 2 atom stereocenters. The van der Waals surface area contributed by atoms with Gasteiger partial charge in [0.1, 0.15) is 11.3 Å². The minimum Gasteiger partial charge on any atom is -0.455 e. The minimum absolute atomic E-state index is 0.108. The molecule has 0 spiro atoms. The molecule has 5 heteroatoms. The predicted octanol–water partition coefficient (Wildman–Crippen LogP) is 3.72. The second-order valence-corrected chi connectivity index (χ2v) is 7.26. The summed E-state index contributed by atoms with van der Waals surface area (Å²) < 4.78 is 22.3. The van der Waals surface area contributed by atoms with Gasteiger partial charge in [0.15, 0.2) is 0 Å². The molecular weight excluding hydrogens is 304 g/mol. The van der Waals surface area contributed by atoms with Crippen LogP contribution in [0.1, 0.15) is 71.1 Å². The quantitative estimate of drug-likeness (QED) is 0.828. The molecule has 0 saturated carbocycles. The Balaban J connectivity index is 2.51. The first-order chi connectivity index (χ1) is 11.8. The van der Waals surface area contributed by atoms with Gasteiger partial charge >= 0.3 is 5.97 Å². The summed E-state index contributed by atoms with van der Waals surface area (Å²) >= 11 is 0. The van der Waals surface area contributed by atoms with Crippen LogP contribution in [0.15, 0.2) is 5.70 Å². The third kappa shape index (κ3) is 3.55. The van der Waals surface area contributed by atoms with Crippen molar-refractivity contribution >= 4 is 17.9 Å². The van der Waals surface area contributed by atoms with Crippen molar-refractivity contribution in [3.8, 4) is 0 Å². The second kappa shape index (κ2) is 6.46. The highest BCUT2D eigenvalue weighted by molar-refractivity contribution is 5.91. The van der Waals surface area contributed by atoms with Crippen molar-refractivity contribution in [2.24, 2.45) is 11.8 Å². The van der Waals surface area contributed by atoms with E-state index in [4.69, 9.17) is 7.48 Å². The number of ether oxygens (including phenoxy) is 1. The Morgan fingerprint density at radius 2 is 2.00 bits per heavy atom. The van der Waals surface area contributed by atoms with E-state index in [0.717, 1.165) is 5.56 Å². The second-order valence-electron chi connectivity index (χ2n) is 7.26. The summed E-state index contributed by atoms with van der Waals surface area (Å²) in [6.45, 7) is 12.5. The molecule has 0 aromatic carbocycles. The van der Waals surface area contributed by atoms with Crippen molar-refractivity contribution in [2.45, 2.75) is 60.5 Å². The lowest BCUT2D eigenvalue weighted by atomic mass is 9.92. The van der Waals surface area contributed by atoms with Crippen LogP contribution in [0.25, 0.3) is 6.05 Å². The summed E-state index contributed by atoms with van der Waals surface area (Å²) in [4.78, 5) is 27.6. The maximum Gasteiger partial charge on any atom is 0.355 e. The number of amides is 1. The van der Waals surface area contributed by atoms with Gasteiger partial charge < -0.3 is 15.0 Å². The van der Waals surface area contributed by atoms with Crippen LogP contribution in [0, 0.1) is 25.7 Å². The SMILES string of the molecule is [2H]/C(=C1/NC(=O)[C@@]([2H])(C)[C@H]1CC)c1[nH]c(C(=O)OC(C)(C)C)c(C)c1C. The van der Waals surface area contributed by atoms with Gasteiger partial charge in [-0.15, -0.1) is 0 Å². The fraction of sp³-hybridized carbons (Fsp3) is 0.579. The van der Waals surface area contributed by atoms with Crippen LogP contribution in [0.3, 0.4) is 0 Å². The van der Waals surface area contributed by atoms with Gasteiger partial charge in [0.25, 0.3) is 0 Å². The summed E-state index contributed by atoms with van der Waals surface area (Å²) in [5.41, 5.74) is 2.05. The normalized spacial score (nSPS) is 27.5. The molecule has 0 radical (unpaired) electrons. The average Bonchev–Trinajstić information content (AvgIpc) is 2.92. The summed E-state index contributed by atoms with van der Waals surface area (Å²) in [5, 5.41) is 2.70. The van der Waals surface area contributed by atoms with Crippen molar-refractivity contribution in [3.63, 3.8) is 0 Å². The van der Waals surface area contributed by atoms with Crippen LogP contribution in [0.5, 0.6) is 0 Å². The molecule has 0 aliphatic carbocycles. The Morgan fingerprint density at radius 3 is 2.54 bits per heavy atom. The number of esters is 1.